The second-order valence-corrected chi connectivity index (χ2v) is 11.3. The Morgan fingerprint density at radius 1 is 1.19 bits per heavy atom. The first-order valence-electron chi connectivity index (χ1n) is 14.7. The number of nitrogens with two attached hydrogens (primary N) is 2. The van der Waals surface area contributed by atoms with Gasteiger partial charge in [0.05, 0.1) is 22.2 Å². The van der Waals surface area contributed by atoms with Crippen molar-refractivity contribution in [3.05, 3.63) is 81.1 Å². The lowest BCUT2D eigenvalue weighted by atomic mass is 10.0. The van der Waals surface area contributed by atoms with Crippen LogP contribution >= 0.6 is 11.6 Å². The van der Waals surface area contributed by atoms with Crippen LogP contribution in [0.2, 0.25) is 5.02 Å². The zero-order chi connectivity index (χ0) is 30.9. The van der Waals surface area contributed by atoms with Crippen molar-refractivity contribution in [2.24, 2.45) is 16.5 Å². The molecule has 4 rings (SSSR count). The molecule has 0 amide bonds. The second kappa shape index (κ2) is 15.2. The third-order valence-electron chi connectivity index (χ3n) is 7.36. The number of amidine groups is 1. The average Bonchev–Trinajstić information content (AvgIpc) is 3.40. The first kappa shape index (κ1) is 32.3. The van der Waals surface area contributed by atoms with Gasteiger partial charge in [0.1, 0.15) is 12.3 Å². The average molecular weight is 612 g/mol. The predicted molar refractivity (Wildman–Crippen MR) is 171 cm³/mol. The van der Waals surface area contributed by atoms with Crippen LogP contribution in [-0.2, 0) is 6.42 Å². The van der Waals surface area contributed by atoms with E-state index >= 15 is 4.39 Å². The van der Waals surface area contributed by atoms with Crippen molar-refractivity contribution in [2.45, 2.75) is 64.5 Å². The largest absolute Gasteiger partial charge is 0.388 e. The number of aromatic amines is 1. The number of nitrogens with zero attached hydrogens (tertiary/aromatic N) is 3. The van der Waals surface area contributed by atoms with Crippen LogP contribution in [0.15, 0.2) is 58.4 Å². The molecule has 0 fully saturated rings. The van der Waals surface area contributed by atoms with Gasteiger partial charge in [-0.05, 0) is 87.0 Å². The molecule has 0 aliphatic carbocycles. The van der Waals surface area contributed by atoms with Crippen molar-refractivity contribution in [2.75, 3.05) is 19.8 Å². The Labute approximate surface area is 255 Å². The van der Waals surface area contributed by atoms with Crippen LogP contribution in [0.25, 0.3) is 28.0 Å². The number of hydrogen-bond donors (Lipinski definition) is 4. The summed E-state index contributed by atoms with van der Waals surface area (Å²) < 4.78 is 29.3. The molecular formula is C32H40ClF2N7O. The molecule has 0 spiro atoms. The van der Waals surface area contributed by atoms with E-state index in [4.69, 9.17) is 23.1 Å². The van der Waals surface area contributed by atoms with E-state index in [1.54, 1.807) is 31.3 Å². The molecule has 0 radical (unpaired) electrons. The first-order valence-corrected chi connectivity index (χ1v) is 15.1. The summed E-state index contributed by atoms with van der Waals surface area (Å²) in [6, 6.07) is 12.6. The van der Waals surface area contributed by atoms with Gasteiger partial charge in [0.25, 0.3) is 0 Å². The number of hydrogen-bond acceptors (Lipinski definition) is 5. The highest BCUT2D eigenvalue weighted by Crippen LogP contribution is 2.31. The predicted octanol–water partition coefficient (Wildman–Crippen LogP) is 5.99. The van der Waals surface area contributed by atoms with Crippen LogP contribution in [0, 0.1) is 5.82 Å². The molecule has 11 heteroatoms. The summed E-state index contributed by atoms with van der Waals surface area (Å²) in [6.45, 7) is 4.87. The maximum Gasteiger partial charge on any atom is 0.354 e. The highest BCUT2D eigenvalue weighted by molar-refractivity contribution is 6.31. The monoisotopic (exact) mass is 611 g/mol. The summed E-state index contributed by atoms with van der Waals surface area (Å²) >= 11 is 6.22. The normalized spacial score (nSPS) is 13.5. The zero-order valence-corrected chi connectivity index (χ0v) is 25.4. The number of benzene rings is 2. The number of H-pyrrole nitrogens is 1. The van der Waals surface area contributed by atoms with E-state index in [-0.39, 0.29) is 16.6 Å². The third kappa shape index (κ3) is 8.49. The highest BCUT2D eigenvalue weighted by atomic mass is 35.5. The Morgan fingerprint density at radius 2 is 1.95 bits per heavy atom. The Hall–Kier alpha value is -3.60. The van der Waals surface area contributed by atoms with E-state index in [9.17, 15) is 9.18 Å². The molecule has 2 heterocycles. The van der Waals surface area contributed by atoms with E-state index in [2.05, 4.69) is 27.2 Å². The minimum Gasteiger partial charge on any atom is -0.388 e. The topological polar surface area (TPSA) is 127 Å². The highest BCUT2D eigenvalue weighted by Gasteiger charge is 2.16. The van der Waals surface area contributed by atoms with Gasteiger partial charge in [-0.2, -0.15) is 4.98 Å². The van der Waals surface area contributed by atoms with E-state index < -0.39 is 24.2 Å². The Bertz CT molecular complexity index is 1600. The van der Waals surface area contributed by atoms with Crippen LogP contribution in [-0.4, -0.2) is 46.2 Å². The van der Waals surface area contributed by atoms with Gasteiger partial charge in [-0.1, -0.05) is 37.1 Å². The van der Waals surface area contributed by atoms with E-state index in [1.165, 1.54) is 4.57 Å². The van der Waals surface area contributed by atoms with Crippen LogP contribution in [0.1, 0.15) is 63.1 Å². The SMILES string of the molecule is CCCC(NCCCN=C(C)N)c1ccc(-n2cc3cc(-c4cc(CCCC(N)CF)cc(Cl)c4F)[nH]c3nc2=O)cc1. The fraction of sp³-hybridized carbons (Fsp3) is 0.406. The summed E-state index contributed by atoms with van der Waals surface area (Å²) in [5.41, 5.74) is 14.5. The Balaban J connectivity index is 1.55. The first-order chi connectivity index (χ1) is 20.7. The Morgan fingerprint density at radius 3 is 2.65 bits per heavy atom. The molecule has 230 valence electrons. The number of aryl methyl sites for hydroxylation is 1. The molecule has 2 aromatic carbocycles. The van der Waals surface area contributed by atoms with Crippen molar-refractivity contribution in [3.63, 3.8) is 0 Å². The van der Waals surface area contributed by atoms with Crippen molar-refractivity contribution in [1.29, 1.82) is 0 Å². The molecule has 4 aromatic rings. The maximum absolute atomic E-state index is 15.1. The number of aliphatic imine (C=N–C) groups is 1. The molecule has 0 saturated heterocycles. The summed E-state index contributed by atoms with van der Waals surface area (Å²) in [5, 5.41) is 4.24. The lowest BCUT2D eigenvalue weighted by Crippen LogP contribution is -2.23. The second-order valence-electron chi connectivity index (χ2n) is 10.9. The molecular weight excluding hydrogens is 572 g/mol. The fourth-order valence-electron chi connectivity index (χ4n) is 5.11. The molecule has 2 aromatic heterocycles. The van der Waals surface area contributed by atoms with Gasteiger partial charge < -0.3 is 21.8 Å². The molecule has 0 aliphatic heterocycles. The molecule has 0 bridgehead atoms. The summed E-state index contributed by atoms with van der Waals surface area (Å²) in [4.78, 5) is 24.5. The fourth-order valence-corrected chi connectivity index (χ4v) is 5.35. The van der Waals surface area contributed by atoms with Gasteiger partial charge in [-0.15, -0.1) is 0 Å². The number of halogens is 3. The third-order valence-corrected chi connectivity index (χ3v) is 7.64. The van der Waals surface area contributed by atoms with Gasteiger partial charge in [0.2, 0.25) is 0 Å². The quantitative estimate of drug-likeness (QED) is 0.0746. The van der Waals surface area contributed by atoms with Gasteiger partial charge in [0.15, 0.2) is 5.82 Å². The maximum atomic E-state index is 15.1. The smallest absolute Gasteiger partial charge is 0.354 e. The summed E-state index contributed by atoms with van der Waals surface area (Å²) in [6.07, 6.45) is 6.34. The van der Waals surface area contributed by atoms with E-state index in [0.717, 1.165) is 36.9 Å². The summed E-state index contributed by atoms with van der Waals surface area (Å²) in [5.74, 6) is 0.0229. The van der Waals surface area contributed by atoms with Gasteiger partial charge >= 0.3 is 5.69 Å². The van der Waals surface area contributed by atoms with Crippen molar-refractivity contribution >= 4 is 28.5 Å². The van der Waals surface area contributed by atoms with Crippen LogP contribution in [0.3, 0.4) is 0 Å². The van der Waals surface area contributed by atoms with Crippen LogP contribution in [0.4, 0.5) is 8.78 Å². The zero-order valence-electron chi connectivity index (χ0n) is 24.7. The molecule has 6 N–H and O–H groups in total. The number of fused-ring (bicyclic) bond motifs is 1. The number of alkyl halides is 1. The minimum absolute atomic E-state index is 0.0106. The Kier molecular flexibility index (Phi) is 11.4. The summed E-state index contributed by atoms with van der Waals surface area (Å²) in [7, 11) is 0. The lowest BCUT2D eigenvalue weighted by Gasteiger charge is -2.19. The van der Waals surface area contributed by atoms with E-state index in [1.807, 2.05) is 24.3 Å². The lowest BCUT2D eigenvalue weighted by molar-refractivity contribution is 0.407. The van der Waals surface area contributed by atoms with Crippen LogP contribution in [0.5, 0.6) is 0 Å². The number of rotatable bonds is 15. The molecule has 0 saturated carbocycles. The molecule has 2 atom stereocenters. The van der Waals surface area contributed by atoms with E-state index in [0.29, 0.717) is 54.1 Å². The van der Waals surface area contributed by atoms with Crippen molar-refractivity contribution < 1.29 is 8.78 Å². The van der Waals surface area contributed by atoms with Gasteiger partial charge in [-0.3, -0.25) is 9.56 Å². The van der Waals surface area contributed by atoms with Crippen LogP contribution < -0.4 is 22.5 Å². The molecule has 8 nitrogen and oxygen atoms in total. The minimum atomic E-state index is -0.577. The van der Waals surface area contributed by atoms with Gasteiger partial charge in [-0.25, -0.2) is 13.6 Å². The molecule has 2 unspecified atom stereocenters. The molecule has 0 aliphatic rings. The number of aromatic nitrogens is 3. The van der Waals surface area contributed by atoms with Gasteiger partial charge in [0, 0.05) is 35.8 Å². The van der Waals surface area contributed by atoms with Crippen molar-refractivity contribution in [1.82, 2.24) is 19.9 Å². The van der Waals surface area contributed by atoms with Crippen molar-refractivity contribution in [3.8, 4) is 16.9 Å². The number of nitrogens with one attached hydrogen (secondary N) is 2. The standard InChI is InChI=1S/C32H40ClF2N7O/c1-3-6-28(39-14-5-13-38-20(2)36)22-9-11-25(12-10-22)42-19-23-17-29(40-31(23)41-32(42)43)26-15-21(16-27(33)30(26)35)7-4-8-24(37)18-34/h9-12,15-17,19,24,28,39H,3-8,13-14,18,37H2,1-2H3,(H2,36,38)(H,40,41,43). The molecule has 43 heavy (non-hydrogen) atoms.